The predicted octanol–water partition coefficient (Wildman–Crippen LogP) is 1.34. The van der Waals surface area contributed by atoms with Gasteiger partial charge in [-0.1, -0.05) is 6.08 Å². The Kier molecular flexibility index (Phi) is 2.40. The quantitative estimate of drug-likeness (QED) is 0.600. The molecule has 1 amide bonds. The summed E-state index contributed by atoms with van der Waals surface area (Å²) in [7, 11) is 0. The van der Waals surface area contributed by atoms with E-state index in [2.05, 4.69) is 5.73 Å². The molecule has 1 aliphatic carbocycles. The third-order valence-electron chi connectivity index (χ3n) is 2.44. The molecule has 0 saturated carbocycles. The normalized spacial score (nSPS) is 20.5. The number of carbonyl (C=O) groups is 2. The van der Waals surface area contributed by atoms with Crippen molar-refractivity contribution < 1.29 is 9.59 Å². The van der Waals surface area contributed by atoms with Gasteiger partial charge in [-0.05, 0) is 19.4 Å². The van der Waals surface area contributed by atoms with Gasteiger partial charge >= 0.3 is 0 Å². The zero-order valence-electron chi connectivity index (χ0n) is 8.49. The van der Waals surface area contributed by atoms with E-state index in [4.69, 9.17) is 0 Å². The fraction of sp³-hybridized carbons (Fsp3) is 0.250. The Morgan fingerprint density at radius 3 is 2.87 bits per heavy atom. The summed E-state index contributed by atoms with van der Waals surface area (Å²) in [5, 5.41) is 0. The molecule has 3 heteroatoms. The van der Waals surface area contributed by atoms with Gasteiger partial charge in [0.1, 0.15) is 0 Å². The van der Waals surface area contributed by atoms with Crippen molar-refractivity contribution in [1.29, 1.82) is 0 Å². The third-order valence-corrected chi connectivity index (χ3v) is 2.44. The molecule has 76 valence electrons. The van der Waals surface area contributed by atoms with Crippen LogP contribution in [-0.2, 0) is 9.59 Å². The van der Waals surface area contributed by atoms with Gasteiger partial charge in [0, 0.05) is 24.3 Å². The number of ketones is 1. The van der Waals surface area contributed by atoms with Crippen LogP contribution in [0, 0.1) is 0 Å². The minimum atomic E-state index is -0.0742. The van der Waals surface area contributed by atoms with Gasteiger partial charge in [0.15, 0.2) is 5.78 Å². The lowest BCUT2D eigenvalue weighted by Crippen LogP contribution is -2.32. The SMILES string of the molecule is CC1=C=CC(N2CCC=CC2=O)=CC1=O. The summed E-state index contributed by atoms with van der Waals surface area (Å²) in [6, 6.07) is 0. The van der Waals surface area contributed by atoms with Crippen molar-refractivity contribution in [3.63, 3.8) is 0 Å². The van der Waals surface area contributed by atoms with Crippen LogP contribution in [0.25, 0.3) is 0 Å². The van der Waals surface area contributed by atoms with Gasteiger partial charge in [0.05, 0.1) is 5.70 Å². The maximum atomic E-state index is 11.5. The molecular weight excluding hydrogens is 190 g/mol. The van der Waals surface area contributed by atoms with Crippen LogP contribution in [0.5, 0.6) is 0 Å². The zero-order chi connectivity index (χ0) is 10.8. The van der Waals surface area contributed by atoms with Crippen LogP contribution < -0.4 is 0 Å². The van der Waals surface area contributed by atoms with E-state index in [1.807, 2.05) is 6.08 Å². The summed E-state index contributed by atoms with van der Waals surface area (Å²) < 4.78 is 0. The molecule has 0 bridgehead atoms. The topological polar surface area (TPSA) is 37.4 Å². The van der Waals surface area contributed by atoms with Crippen LogP contribution in [0.15, 0.2) is 41.3 Å². The number of rotatable bonds is 1. The highest BCUT2D eigenvalue weighted by atomic mass is 16.2. The first kappa shape index (κ1) is 9.69. The standard InChI is InChI=1S/C12H11NO2/c1-9-5-6-10(8-11(9)14)13-7-3-2-4-12(13)15/h2,4,6,8H,3,7H2,1H3. The fourth-order valence-electron chi connectivity index (χ4n) is 1.54. The molecule has 3 nitrogen and oxygen atoms in total. The van der Waals surface area contributed by atoms with Crippen LogP contribution in [0.3, 0.4) is 0 Å². The van der Waals surface area contributed by atoms with Gasteiger partial charge in [-0.25, -0.2) is 0 Å². The average molecular weight is 201 g/mol. The van der Waals surface area contributed by atoms with Crippen molar-refractivity contribution in [2.75, 3.05) is 6.54 Å². The van der Waals surface area contributed by atoms with E-state index in [1.54, 1.807) is 17.9 Å². The van der Waals surface area contributed by atoms with Gasteiger partial charge in [0.2, 0.25) is 0 Å². The van der Waals surface area contributed by atoms with Crippen molar-refractivity contribution in [3.8, 4) is 0 Å². The van der Waals surface area contributed by atoms with Gasteiger partial charge in [0.25, 0.3) is 5.91 Å². The number of hydrogen-bond donors (Lipinski definition) is 0. The molecule has 0 aromatic rings. The van der Waals surface area contributed by atoms with E-state index in [-0.39, 0.29) is 11.7 Å². The molecule has 0 fully saturated rings. The van der Waals surface area contributed by atoms with Crippen LogP contribution in [0.4, 0.5) is 0 Å². The molecule has 0 N–H and O–H groups in total. The average Bonchev–Trinajstić information content (AvgIpc) is 2.23. The molecule has 0 saturated heterocycles. The van der Waals surface area contributed by atoms with Gasteiger partial charge in [-0.15, -0.1) is 5.73 Å². The summed E-state index contributed by atoms with van der Waals surface area (Å²) in [5.41, 5.74) is 4.08. The van der Waals surface area contributed by atoms with Crippen molar-refractivity contribution in [1.82, 2.24) is 4.90 Å². The van der Waals surface area contributed by atoms with E-state index >= 15 is 0 Å². The van der Waals surface area contributed by atoms with E-state index < -0.39 is 0 Å². The smallest absolute Gasteiger partial charge is 0.250 e. The highest BCUT2D eigenvalue weighted by Crippen LogP contribution is 2.16. The predicted molar refractivity (Wildman–Crippen MR) is 55.8 cm³/mol. The van der Waals surface area contributed by atoms with Crippen molar-refractivity contribution >= 4 is 11.7 Å². The molecule has 0 atom stereocenters. The molecular formula is C12H11NO2. The highest BCUT2D eigenvalue weighted by Gasteiger charge is 2.19. The summed E-state index contributed by atoms with van der Waals surface area (Å²) in [5.74, 6) is -0.146. The maximum Gasteiger partial charge on any atom is 0.250 e. The maximum absolute atomic E-state index is 11.5. The van der Waals surface area contributed by atoms with Crippen LogP contribution >= 0.6 is 0 Å². The van der Waals surface area contributed by atoms with Crippen molar-refractivity contribution in [3.05, 3.63) is 41.3 Å². The van der Waals surface area contributed by atoms with Gasteiger partial charge < -0.3 is 4.90 Å². The molecule has 0 spiro atoms. The summed E-state index contributed by atoms with van der Waals surface area (Å²) >= 11 is 0. The summed E-state index contributed by atoms with van der Waals surface area (Å²) in [6.45, 7) is 2.34. The number of nitrogens with zero attached hydrogens (tertiary/aromatic N) is 1. The minimum Gasteiger partial charge on any atom is -0.308 e. The number of allylic oxidation sites excluding steroid dienone is 2. The number of amides is 1. The second kappa shape index (κ2) is 3.71. The Morgan fingerprint density at radius 1 is 1.40 bits per heavy atom. The second-order valence-corrected chi connectivity index (χ2v) is 3.53. The second-order valence-electron chi connectivity index (χ2n) is 3.53. The van der Waals surface area contributed by atoms with Crippen molar-refractivity contribution in [2.24, 2.45) is 0 Å². The Balaban J connectivity index is 2.30. The molecule has 0 radical (unpaired) electrons. The van der Waals surface area contributed by atoms with Crippen LogP contribution in [0.2, 0.25) is 0 Å². The van der Waals surface area contributed by atoms with Crippen LogP contribution in [0.1, 0.15) is 13.3 Å². The third kappa shape index (κ3) is 1.83. The lowest BCUT2D eigenvalue weighted by molar-refractivity contribution is -0.124. The lowest BCUT2D eigenvalue weighted by atomic mass is 10.1. The number of carbonyl (C=O) groups excluding carboxylic acids is 2. The Bertz CT molecular complexity index is 448. The Labute approximate surface area is 88.1 Å². The Morgan fingerprint density at radius 2 is 2.20 bits per heavy atom. The molecule has 1 heterocycles. The van der Waals surface area contributed by atoms with Crippen LogP contribution in [-0.4, -0.2) is 23.1 Å². The summed E-state index contributed by atoms with van der Waals surface area (Å²) in [6.07, 6.45) is 7.38. The van der Waals surface area contributed by atoms with E-state index in [0.29, 0.717) is 17.8 Å². The molecule has 0 aromatic carbocycles. The first-order chi connectivity index (χ1) is 7.18. The van der Waals surface area contributed by atoms with Crippen molar-refractivity contribution in [2.45, 2.75) is 13.3 Å². The fourth-order valence-corrected chi connectivity index (χ4v) is 1.54. The molecule has 0 aromatic heterocycles. The first-order valence-electron chi connectivity index (χ1n) is 4.86. The zero-order valence-corrected chi connectivity index (χ0v) is 8.49. The lowest BCUT2D eigenvalue weighted by Gasteiger charge is -2.24. The van der Waals surface area contributed by atoms with E-state index in [0.717, 1.165) is 6.42 Å². The van der Waals surface area contributed by atoms with E-state index in [1.165, 1.54) is 12.2 Å². The molecule has 15 heavy (non-hydrogen) atoms. The Hall–Kier alpha value is -1.86. The van der Waals surface area contributed by atoms with Gasteiger partial charge in [-0.3, -0.25) is 9.59 Å². The molecule has 2 aliphatic rings. The molecule has 1 aliphatic heterocycles. The monoisotopic (exact) mass is 201 g/mol. The summed E-state index contributed by atoms with van der Waals surface area (Å²) in [4.78, 5) is 24.5. The minimum absolute atomic E-state index is 0.0714. The largest absolute Gasteiger partial charge is 0.308 e. The van der Waals surface area contributed by atoms with Gasteiger partial charge in [-0.2, -0.15) is 0 Å². The highest BCUT2D eigenvalue weighted by molar-refractivity contribution is 6.05. The molecule has 0 unspecified atom stereocenters. The van der Waals surface area contributed by atoms with E-state index in [9.17, 15) is 9.59 Å². The number of hydrogen-bond acceptors (Lipinski definition) is 2. The molecule has 2 rings (SSSR count). The first-order valence-corrected chi connectivity index (χ1v) is 4.86.